The quantitative estimate of drug-likeness (QED) is 0.779. The highest BCUT2D eigenvalue weighted by molar-refractivity contribution is 6.30. The maximum Gasteiger partial charge on any atom is 0.254 e. The van der Waals surface area contributed by atoms with Crippen molar-refractivity contribution in [1.29, 1.82) is 0 Å². The Morgan fingerprint density at radius 3 is 2.37 bits per heavy atom. The molecule has 2 atom stereocenters. The van der Waals surface area contributed by atoms with Gasteiger partial charge in [0.2, 0.25) is 5.91 Å². The first-order valence-electron chi connectivity index (χ1n) is 9.72. The maximum atomic E-state index is 13.4. The van der Waals surface area contributed by atoms with Crippen molar-refractivity contribution in [2.75, 3.05) is 26.2 Å². The highest BCUT2D eigenvalue weighted by Crippen LogP contribution is 2.25. The molecule has 9 heteroatoms. The largest absolute Gasteiger partial charge is 0.338 e. The van der Waals surface area contributed by atoms with Crippen LogP contribution in [-0.2, 0) is 4.79 Å². The molecule has 4 rings (SSSR count). The lowest BCUT2D eigenvalue weighted by Crippen LogP contribution is -2.54. The van der Waals surface area contributed by atoms with Crippen molar-refractivity contribution in [2.24, 2.45) is 0 Å². The Hall–Kier alpha value is -2.55. The van der Waals surface area contributed by atoms with Crippen LogP contribution in [0, 0.1) is 11.6 Å². The zero-order valence-electron chi connectivity index (χ0n) is 16.1. The van der Waals surface area contributed by atoms with Gasteiger partial charge in [0.05, 0.1) is 0 Å². The fraction of sp³-hybridized carbons (Fsp3) is 0.333. The van der Waals surface area contributed by atoms with Gasteiger partial charge in [0, 0.05) is 42.8 Å². The van der Waals surface area contributed by atoms with E-state index in [0.29, 0.717) is 37.6 Å². The van der Waals surface area contributed by atoms with Crippen LogP contribution in [0.2, 0.25) is 5.02 Å². The highest BCUT2D eigenvalue weighted by atomic mass is 35.5. The number of carbonyl (C=O) groups is 2. The van der Waals surface area contributed by atoms with Gasteiger partial charge < -0.3 is 9.80 Å². The molecule has 2 amide bonds. The Kier molecular flexibility index (Phi) is 5.99. The predicted molar refractivity (Wildman–Crippen MR) is 108 cm³/mol. The Balaban J connectivity index is 1.32. The van der Waals surface area contributed by atoms with Crippen molar-refractivity contribution in [2.45, 2.75) is 18.5 Å². The number of hydrogen-bond donors (Lipinski definition) is 2. The minimum Gasteiger partial charge on any atom is -0.338 e. The Morgan fingerprint density at radius 2 is 1.67 bits per heavy atom. The van der Waals surface area contributed by atoms with E-state index in [4.69, 9.17) is 11.6 Å². The lowest BCUT2D eigenvalue weighted by atomic mass is 10.0. The van der Waals surface area contributed by atoms with Gasteiger partial charge in [-0.15, -0.1) is 0 Å². The lowest BCUT2D eigenvalue weighted by Gasteiger charge is -2.36. The standard InChI is InChI=1S/C21H21ClF2N4O2/c22-15-3-1-2-13(10-15)18-12-19(26-25-18)21(30)28-8-6-27(7-9-28)20(29)14-4-5-16(23)17(24)11-14/h1-5,10-11,18-19,25-26H,6-9,12H2. The van der Waals surface area contributed by atoms with E-state index in [0.717, 1.165) is 17.7 Å². The predicted octanol–water partition coefficient (Wildman–Crippen LogP) is 2.51. The third-order valence-corrected chi connectivity index (χ3v) is 5.73. The summed E-state index contributed by atoms with van der Waals surface area (Å²) in [6, 6.07) is 10.2. The summed E-state index contributed by atoms with van der Waals surface area (Å²) in [5.41, 5.74) is 7.30. The number of hydrazine groups is 1. The summed E-state index contributed by atoms with van der Waals surface area (Å²) in [6.45, 7) is 1.44. The average Bonchev–Trinajstić information content (AvgIpc) is 3.25. The van der Waals surface area contributed by atoms with Gasteiger partial charge in [-0.05, 0) is 42.3 Å². The number of rotatable bonds is 3. The topological polar surface area (TPSA) is 64.7 Å². The number of nitrogens with one attached hydrogen (secondary N) is 2. The van der Waals surface area contributed by atoms with Gasteiger partial charge in [-0.2, -0.15) is 0 Å². The van der Waals surface area contributed by atoms with E-state index >= 15 is 0 Å². The van der Waals surface area contributed by atoms with Crippen LogP contribution in [0.1, 0.15) is 28.4 Å². The molecule has 2 aromatic carbocycles. The second kappa shape index (κ2) is 8.67. The van der Waals surface area contributed by atoms with Gasteiger partial charge in [-0.1, -0.05) is 23.7 Å². The van der Waals surface area contributed by atoms with Crippen LogP contribution in [0.15, 0.2) is 42.5 Å². The van der Waals surface area contributed by atoms with Crippen molar-refractivity contribution in [3.05, 3.63) is 70.2 Å². The monoisotopic (exact) mass is 434 g/mol. The van der Waals surface area contributed by atoms with Crippen molar-refractivity contribution < 1.29 is 18.4 Å². The molecule has 6 nitrogen and oxygen atoms in total. The van der Waals surface area contributed by atoms with Gasteiger partial charge in [-0.25, -0.2) is 19.6 Å². The molecule has 0 bridgehead atoms. The zero-order chi connectivity index (χ0) is 21.3. The van der Waals surface area contributed by atoms with E-state index < -0.39 is 11.6 Å². The molecule has 2 heterocycles. The van der Waals surface area contributed by atoms with E-state index in [9.17, 15) is 18.4 Å². The molecule has 0 radical (unpaired) electrons. The summed E-state index contributed by atoms with van der Waals surface area (Å²) in [6.07, 6.45) is 0.590. The second-order valence-corrected chi connectivity index (χ2v) is 7.87. The Labute approximate surface area is 177 Å². The number of piperazine rings is 1. The number of nitrogens with zero attached hydrogens (tertiary/aromatic N) is 2. The summed E-state index contributed by atoms with van der Waals surface area (Å²) in [7, 11) is 0. The normalized spacial score (nSPS) is 21.7. The molecule has 2 aliphatic heterocycles. The Morgan fingerprint density at radius 1 is 0.933 bits per heavy atom. The molecular weight excluding hydrogens is 414 g/mol. The van der Waals surface area contributed by atoms with Crippen molar-refractivity contribution >= 4 is 23.4 Å². The third kappa shape index (κ3) is 4.30. The SMILES string of the molecule is O=C(c1ccc(F)c(F)c1)N1CCN(C(=O)C2CC(c3cccc(Cl)c3)NN2)CC1. The van der Waals surface area contributed by atoms with E-state index in [2.05, 4.69) is 10.9 Å². The number of benzene rings is 2. The molecule has 2 unspecified atom stereocenters. The number of hydrogen-bond acceptors (Lipinski definition) is 4. The van der Waals surface area contributed by atoms with Gasteiger partial charge >= 0.3 is 0 Å². The molecule has 0 aromatic heterocycles. The first kappa shape index (κ1) is 20.7. The molecule has 2 N–H and O–H groups in total. The van der Waals surface area contributed by atoms with Gasteiger partial charge in [0.1, 0.15) is 6.04 Å². The molecule has 2 saturated heterocycles. The van der Waals surface area contributed by atoms with Gasteiger partial charge in [-0.3, -0.25) is 9.59 Å². The minimum absolute atomic E-state index is 0.0195. The zero-order valence-corrected chi connectivity index (χ0v) is 16.8. The molecule has 158 valence electrons. The van der Waals surface area contributed by atoms with Gasteiger partial charge in [0.15, 0.2) is 11.6 Å². The molecule has 2 aliphatic rings. The van der Waals surface area contributed by atoms with Crippen LogP contribution in [0.3, 0.4) is 0 Å². The highest BCUT2D eigenvalue weighted by Gasteiger charge is 2.34. The van der Waals surface area contributed by atoms with Crippen LogP contribution in [-0.4, -0.2) is 53.8 Å². The van der Waals surface area contributed by atoms with Crippen LogP contribution < -0.4 is 10.9 Å². The minimum atomic E-state index is -1.05. The number of carbonyl (C=O) groups excluding carboxylic acids is 2. The molecule has 0 aliphatic carbocycles. The van der Waals surface area contributed by atoms with Gasteiger partial charge in [0.25, 0.3) is 5.91 Å². The molecule has 2 aromatic rings. The number of amides is 2. The fourth-order valence-electron chi connectivity index (χ4n) is 3.82. The Bertz CT molecular complexity index is 966. The average molecular weight is 435 g/mol. The fourth-order valence-corrected chi connectivity index (χ4v) is 4.02. The second-order valence-electron chi connectivity index (χ2n) is 7.43. The van der Waals surface area contributed by atoms with E-state index in [1.165, 1.54) is 6.07 Å². The van der Waals surface area contributed by atoms with Crippen LogP contribution in [0.5, 0.6) is 0 Å². The maximum absolute atomic E-state index is 13.4. The summed E-state index contributed by atoms with van der Waals surface area (Å²) in [5, 5.41) is 0.644. The lowest BCUT2D eigenvalue weighted by molar-refractivity contribution is -0.134. The van der Waals surface area contributed by atoms with Crippen LogP contribution in [0.4, 0.5) is 8.78 Å². The van der Waals surface area contributed by atoms with Crippen LogP contribution in [0.25, 0.3) is 0 Å². The molecule has 30 heavy (non-hydrogen) atoms. The smallest absolute Gasteiger partial charge is 0.254 e. The summed E-state index contributed by atoms with van der Waals surface area (Å²) in [4.78, 5) is 28.7. The summed E-state index contributed by atoms with van der Waals surface area (Å²) >= 11 is 6.05. The van der Waals surface area contributed by atoms with Crippen LogP contribution >= 0.6 is 11.6 Å². The van der Waals surface area contributed by atoms with Crippen molar-refractivity contribution in [3.63, 3.8) is 0 Å². The first-order chi connectivity index (χ1) is 14.4. The summed E-state index contributed by atoms with van der Waals surface area (Å²) < 4.78 is 26.5. The van der Waals surface area contributed by atoms with E-state index in [-0.39, 0.29) is 29.5 Å². The first-order valence-corrected chi connectivity index (χ1v) is 10.1. The van der Waals surface area contributed by atoms with E-state index in [1.807, 2.05) is 18.2 Å². The third-order valence-electron chi connectivity index (χ3n) is 5.50. The van der Waals surface area contributed by atoms with Crippen molar-refractivity contribution in [3.8, 4) is 0 Å². The van der Waals surface area contributed by atoms with E-state index in [1.54, 1.807) is 15.9 Å². The molecule has 2 fully saturated rings. The molecular formula is C21H21ClF2N4O2. The number of halogens is 3. The molecule has 0 saturated carbocycles. The van der Waals surface area contributed by atoms with Crippen molar-refractivity contribution in [1.82, 2.24) is 20.7 Å². The summed E-state index contributed by atoms with van der Waals surface area (Å²) in [5.74, 6) is -2.45. The molecule has 0 spiro atoms.